The Bertz CT molecular complexity index is 884. The van der Waals surface area contributed by atoms with Gasteiger partial charge in [-0.2, -0.15) is 0 Å². The van der Waals surface area contributed by atoms with E-state index in [9.17, 15) is 9.18 Å². The molecular weight excluding hydrogens is 351 g/mol. The smallest absolute Gasteiger partial charge is 0.261 e. The second-order valence-electron chi connectivity index (χ2n) is 6.60. The fraction of sp³-hybridized carbons (Fsp3) is 0.350. The quantitative estimate of drug-likeness (QED) is 0.712. The van der Waals surface area contributed by atoms with Crippen LogP contribution in [0.25, 0.3) is 10.1 Å². The number of amides is 1. The first-order valence-electron chi connectivity index (χ1n) is 8.96. The third-order valence-corrected chi connectivity index (χ3v) is 5.99. The van der Waals surface area contributed by atoms with Gasteiger partial charge in [0, 0.05) is 16.6 Å². The summed E-state index contributed by atoms with van der Waals surface area (Å²) in [6.07, 6.45) is 5.26. The first-order valence-corrected chi connectivity index (χ1v) is 9.78. The Kier molecular flexibility index (Phi) is 5.04. The lowest BCUT2D eigenvalue weighted by molar-refractivity contribution is 0.0918. The van der Waals surface area contributed by atoms with Crippen molar-refractivity contribution in [2.75, 3.05) is 19.6 Å². The molecule has 3 heterocycles. The molecule has 1 aliphatic heterocycles. The molecule has 1 atom stereocenters. The fourth-order valence-electron chi connectivity index (χ4n) is 3.53. The van der Waals surface area contributed by atoms with Crippen LogP contribution in [0.15, 0.2) is 47.1 Å². The summed E-state index contributed by atoms with van der Waals surface area (Å²) < 4.78 is 20.3. The number of nitrogens with one attached hydrogen (secondary N) is 1. The second-order valence-corrected chi connectivity index (χ2v) is 7.68. The molecule has 1 saturated heterocycles. The van der Waals surface area contributed by atoms with Crippen LogP contribution in [0.2, 0.25) is 0 Å². The summed E-state index contributed by atoms with van der Waals surface area (Å²) in [6, 6.07) is 10.4. The molecule has 2 aromatic heterocycles. The van der Waals surface area contributed by atoms with Crippen LogP contribution in [0.4, 0.5) is 4.39 Å². The zero-order valence-electron chi connectivity index (χ0n) is 14.4. The van der Waals surface area contributed by atoms with Crippen molar-refractivity contribution in [3.63, 3.8) is 0 Å². The molecule has 6 heteroatoms. The van der Waals surface area contributed by atoms with Crippen LogP contribution in [0.3, 0.4) is 0 Å². The van der Waals surface area contributed by atoms with Crippen molar-refractivity contribution in [1.82, 2.24) is 10.2 Å². The number of nitrogens with zero attached hydrogens (tertiary/aromatic N) is 1. The molecule has 4 rings (SSSR count). The Morgan fingerprint density at radius 1 is 1.23 bits per heavy atom. The Hall–Kier alpha value is -2.18. The van der Waals surface area contributed by atoms with Crippen LogP contribution in [-0.2, 0) is 0 Å². The van der Waals surface area contributed by atoms with Gasteiger partial charge in [-0.1, -0.05) is 12.5 Å². The SMILES string of the molecule is O=C(NCC(c1ccco1)N1CCCCC1)c1cc2c(F)cccc2s1. The van der Waals surface area contributed by atoms with Gasteiger partial charge >= 0.3 is 0 Å². The molecule has 136 valence electrons. The highest BCUT2D eigenvalue weighted by Crippen LogP contribution is 2.28. The van der Waals surface area contributed by atoms with Gasteiger partial charge in [0.05, 0.1) is 17.2 Å². The van der Waals surface area contributed by atoms with E-state index in [1.165, 1.54) is 36.7 Å². The van der Waals surface area contributed by atoms with E-state index in [4.69, 9.17) is 4.42 Å². The number of furan rings is 1. The van der Waals surface area contributed by atoms with E-state index in [0.717, 1.165) is 23.5 Å². The van der Waals surface area contributed by atoms with Crippen LogP contribution < -0.4 is 5.32 Å². The van der Waals surface area contributed by atoms with Gasteiger partial charge in [0.25, 0.3) is 5.91 Å². The monoisotopic (exact) mass is 372 g/mol. The van der Waals surface area contributed by atoms with E-state index in [1.54, 1.807) is 18.4 Å². The van der Waals surface area contributed by atoms with Gasteiger partial charge in [0.1, 0.15) is 11.6 Å². The molecule has 0 saturated carbocycles. The number of thiophene rings is 1. The summed E-state index contributed by atoms with van der Waals surface area (Å²) in [5, 5.41) is 3.51. The molecule has 1 aliphatic rings. The molecule has 0 radical (unpaired) electrons. The maximum absolute atomic E-state index is 13.9. The van der Waals surface area contributed by atoms with Gasteiger partial charge in [-0.3, -0.25) is 9.69 Å². The molecule has 4 nitrogen and oxygen atoms in total. The Labute approximate surface area is 155 Å². The lowest BCUT2D eigenvalue weighted by Gasteiger charge is -2.33. The molecule has 1 amide bonds. The van der Waals surface area contributed by atoms with Gasteiger partial charge < -0.3 is 9.73 Å². The highest BCUT2D eigenvalue weighted by atomic mass is 32.1. The third kappa shape index (κ3) is 3.52. The highest BCUT2D eigenvalue weighted by Gasteiger charge is 2.25. The second kappa shape index (κ2) is 7.60. The molecule has 3 aromatic rings. The van der Waals surface area contributed by atoms with Gasteiger partial charge in [0.15, 0.2) is 0 Å². The zero-order chi connectivity index (χ0) is 17.9. The van der Waals surface area contributed by atoms with Crippen molar-refractivity contribution in [1.29, 1.82) is 0 Å². The van der Waals surface area contributed by atoms with Crippen molar-refractivity contribution in [3.8, 4) is 0 Å². The van der Waals surface area contributed by atoms with Gasteiger partial charge in [-0.25, -0.2) is 4.39 Å². The molecule has 0 spiro atoms. The van der Waals surface area contributed by atoms with Gasteiger partial charge in [-0.15, -0.1) is 11.3 Å². The largest absolute Gasteiger partial charge is 0.468 e. The minimum absolute atomic E-state index is 0.0281. The molecule has 1 N–H and O–H groups in total. The summed E-state index contributed by atoms with van der Waals surface area (Å²) in [7, 11) is 0. The summed E-state index contributed by atoms with van der Waals surface area (Å²) in [4.78, 5) is 15.5. The van der Waals surface area contributed by atoms with E-state index in [2.05, 4.69) is 10.2 Å². The molecule has 1 unspecified atom stereocenters. The van der Waals surface area contributed by atoms with E-state index >= 15 is 0 Å². The zero-order valence-corrected chi connectivity index (χ0v) is 15.2. The Morgan fingerprint density at radius 2 is 2.08 bits per heavy atom. The first-order chi connectivity index (χ1) is 12.7. The number of likely N-dealkylation sites (tertiary alicyclic amines) is 1. The van der Waals surface area contributed by atoms with Crippen molar-refractivity contribution < 1.29 is 13.6 Å². The number of carbonyl (C=O) groups excluding carboxylic acids is 1. The molecular formula is C20H21FN2O2S. The van der Waals surface area contributed by atoms with Crippen molar-refractivity contribution in [2.24, 2.45) is 0 Å². The number of benzene rings is 1. The predicted molar refractivity (Wildman–Crippen MR) is 101 cm³/mol. The average molecular weight is 372 g/mol. The van der Waals surface area contributed by atoms with Crippen molar-refractivity contribution >= 4 is 27.3 Å². The Morgan fingerprint density at radius 3 is 2.81 bits per heavy atom. The molecule has 0 aliphatic carbocycles. The number of carbonyl (C=O) groups is 1. The van der Waals surface area contributed by atoms with Crippen LogP contribution in [0.5, 0.6) is 0 Å². The van der Waals surface area contributed by atoms with E-state index in [-0.39, 0.29) is 17.8 Å². The predicted octanol–water partition coefficient (Wildman–Crippen LogP) is 4.59. The lowest BCUT2D eigenvalue weighted by atomic mass is 10.1. The molecule has 1 aromatic carbocycles. The molecule has 26 heavy (non-hydrogen) atoms. The number of rotatable bonds is 5. The Balaban J connectivity index is 1.49. The maximum Gasteiger partial charge on any atom is 0.261 e. The van der Waals surface area contributed by atoms with Gasteiger partial charge in [0.2, 0.25) is 0 Å². The minimum atomic E-state index is -0.292. The summed E-state index contributed by atoms with van der Waals surface area (Å²) in [5.74, 6) is 0.410. The van der Waals surface area contributed by atoms with Crippen LogP contribution >= 0.6 is 11.3 Å². The number of halogens is 1. The lowest BCUT2D eigenvalue weighted by Crippen LogP contribution is -2.40. The standard InChI is InChI=1S/C20H21FN2O2S/c21-15-6-4-8-18-14(15)12-19(26-18)20(24)22-13-16(17-7-5-11-25-17)23-9-2-1-3-10-23/h4-8,11-12,16H,1-3,9-10,13H2,(H,22,24). The first kappa shape index (κ1) is 17.2. The number of hydrogen-bond acceptors (Lipinski definition) is 4. The molecule has 1 fully saturated rings. The number of fused-ring (bicyclic) bond motifs is 1. The topological polar surface area (TPSA) is 45.5 Å². The number of piperidine rings is 1. The number of hydrogen-bond donors (Lipinski definition) is 1. The van der Waals surface area contributed by atoms with Crippen LogP contribution in [0.1, 0.15) is 40.7 Å². The summed E-state index contributed by atoms with van der Waals surface area (Å²) >= 11 is 1.32. The minimum Gasteiger partial charge on any atom is -0.468 e. The van der Waals surface area contributed by atoms with Crippen LogP contribution in [0, 0.1) is 5.82 Å². The highest BCUT2D eigenvalue weighted by molar-refractivity contribution is 7.20. The van der Waals surface area contributed by atoms with Crippen LogP contribution in [-0.4, -0.2) is 30.4 Å². The van der Waals surface area contributed by atoms with E-state index in [0.29, 0.717) is 16.8 Å². The molecule has 0 bridgehead atoms. The summed E-state index contributed by atoms with van der Waals surface area (Å²) in [5.41, 5.74) is 0. The average Bonchev–Trinajstić information content (AvgIpc) is 3.33. The normalized spacial score (nSPS) is 16.7. The van der Waals surface area contributed by atoms with Gasteiger partial charge in [-0.05, 0) is 56.3 Å². The third-order valence-electron chi connectivity index (χ3n) is 4.89. The fourth-order valence-corrected chi connectivity index (χ4v) is 4.53. The van der Waals surface area contributed by atoms with E-state index < -0.39 is 0 Å². The van der Waals surface area contributed by atoms with Crippen molar-refractivity contribution in [3.05, 3.63) is 59.1 Å². The van der Waals surface area contributed by atoms with Crippen molar-refractivity contribution in [2.45, 2.75) is 25.3 Å². The van der Waals surface area contributed by atoms with E-state index in [1.807, 2.05) is 18.2 Å². The maximum atomic E-state index is 13.9. The summed E-state index contributed by atoms with van der Waals surface area (Å²) in [6.45, 7) is 2.49.